The van der Waals surface area contributed by atoms with Gasteiger partial charge in [0.15, 0.2) is 0 Å². The van der Waals surface area contributed by atoms with Gasteiger partial charge in [-0.15, -0.1) is 0 Å². The molecule has 1 rings (SSSR count). The van der Waals surface area contributed by atoms with E-state index in [4.69, 9.17) is 0 Å². The largest absolute Gasteiger partial charge is 0.768 e. The first kappa shape index (κ1) is 6.35. The molecule has 50 valence electrons. The summed E-state index contributed by atoms with van der Waals surface area (Å²) in [6.07, 6.45) is 0. The van der Waals surface area contributed by atoms with Crippen LogP contribution in [0.1, 0.15) is 0 Å². The first-order chi connectivity index (χ1) is 4.01. The number of hydrogen-bond donors (Lipinski definition) is 0. The van der Waals surface area contributed by atoms with Crippen molar-refractivity contribution in [2.24, 2.45) is 0 Å². The lowest BCUT2D eigenvalue weighted by molar-refractivity contribution is -0.150. The molecule has 0 amide bonds. The van der Waals surface area contributed by atoms with Crippen molar-refractivity contribution < 1.29 is 27.0 Å². The number of halogens is 2. The maximum atomic E-state index is 11.7. The molecular weight excluding hydrogens is 157 g/mol. The van der Waals surface area contributed by atoms with Crippen LogP contribution < -0.4 is 0 Å². The van der Waals surface area contributed by atoms with Crippen molar-refractivity contribution in [3.63, 3.8) is 0 Å². The molecular formula is C2F2O4P+. The van der Waals surface area contributed by atoms with Gasteiger partial charge >= 0.3 is 20.3 Å². The van der Waals surface area contributed by atoms with Crippen molar-refractivity contribution in [3.8, 4) is 0 Å². The van der Waals surface area contributed by atoms with E-state index >= 15 is 0 Å². The van der Waals surface area contributed by atoms with Crippen LogP contribution in [0.25, 0.3) is 0 Å². The molecule has 7 heteroatoms. The summed E-state index contributed by atoms with van der Waals surface area (Å²) in [6, 6.07) is 0. The van der Waals surface area contributed by atoms with Crippen LogP contribution in [-0.4, -0.2) is 11.9 Å². The highest BCUT2D eigenvalue weighted by atomic mass is 31.3. The Morgan fingerprint density at radius 3 is 1.56 bits per heavy atom. The zero-order valence-corrected chi connectivity index (χ0v) is 4.73. The van der Waals surface area contributed by atoms with E-state index in [1.807, 2.05) is 0 Å². The predicted molar refractivity (Wildman–Crippen MR) is 21.3 cm³/mol. The molecule has 1 saturated heterocycles. The molecule has 0 aromatic carbocycles. The average Bonchev–Trinajstić information content (AvgIpc) is 1.79. The zero-order chi connectivity index (χ0) is 7.07. The molecule has 0 atom stereocenters. The summed E-state index contributed by atoms with van der Waals surface area (Å²) in [5.41, 5.74) is 0. The van der Waals surface area contributed by atoms with Crippen LogP contribution in [0, 0.1) is 0 Å². The molecule has 4 nitrogen and oxygen atoms in total. The molecule has 1 fully saturated rings. The summed E-state index contributed by atoms with van der Waals surface area (Å²) in [5, 5.41) is 0. The minimum absolute atomic E-state index is 1.62. The minimum Gasteiger partial charge on any atom is -0.233 e. The van der Waals surface area contributed by atoms with Gasteiger partial charge in [-0.3, -0.25) is 0 Å². The summed E-state index contributed by atoms with van der Waals surface area (Å²) in [4.78, 5) is 19.7. The fourth-order valence-corrected chi connectivity index (χ4v) is 0.859. The number of carbonyl (C=O) groups is 2. The lowest BCUT2D eigenvalue weighted by atomic mass is 10.7. The molecule has 0 spiro atoms. The van der Waals surface area contributed by atoms with E-state index in [-0.39, 0.29) is 0 Å². The first-order valence-electron chi connectivity index (χ1n) is 1.77. The first-order valence-corrected chi connectivity index (χ1v) is 3.18. The SMILES string of the molecule is O=C1O[P+](F)(F)OC1=O. The second-order valence-corrected chi connectivity index (χ2v) is 2.37. The molecule has 1 aliphatic heterocycles. The van der Waals surface area contributed by atoms with Crippen LogP contribution in [-0.2, 0) is 18.6 Å². The van der Waals surface area contributed by atoms with Gasteiger partial charge in [0.25, 0.3) is 0 Å². The highest BCUT2D eigenvalue weighted by Crippen LogP contribution is 2.67. The van der Waals surface area contributed by atoms with Crippen molar-refractivity contribution in [1.82, 2.24) is 0 Å². The van der Waals surface area contributed by atoms with Crippen molar-refractivity contribution in [2.75, 3.05) is 0 Å². The maximum absolute atomic E-state index is 11.7. The molecule has 1 heterocycles. The van der Waals surface area contributed by atoms with E-state index in [2.05, 4.69) is 9.05 Å². The van der Waals surface area contributed by atoms with E-state index < -0.39 is 20.3 Å². The third kappa shape index (κ3) is 1.13. The monoisotopic (exact) mass is 157 g/mol. The molecule has 0 N–H and O–H groups in total. The van der Waals surface area contributed by atoms with Crippen LogP contribution in [0.5, 0.6) is 0 Å². The Kier molecular flexibility index (Phi) is 1.13. The summed E-state index contributed by atoms with van der Waals surface area (Å²) in [7, 11) is -5.10. The molecule has 0 unspecified atom stereocenters. The van der Waals surface area contributed by atoms with Crippen LogP contribution in [0.15, 0.2) is 0 Å². The van der Waals surface area contributed by atoms with E-state index in [9.17, 15) is 18.0 Å². The molecule has 1 aliphatic rings. The normalized spacial score (nSPS) is 23.3. The van der Waals surface area contributed by atoms with Crippen molar-refractivity contribution in [1.29, 1.82) is 0 Å². The van der Waals surface area contributed by atoms with Gasteiger partial charge in [0.2, 0.25) is 0 Å². The maximum Gasteiger partial charge on any atom is 0.768 e. The number of carbonyl (C=O) groups excluding carboxylic acids is 2. The third-order valence-corrected chi connectivity index (χ3v) is 1.30. The van der Waals surface area contributed by atoms with Gasteiger partial charge in [-0.2, -0.15) is 9.05 Å². The topological polar surface area (TPSA) is 52.6 Å². The minimum atomic E-state index is -5.10. The van der Waals surface area contributed by atoms with Gasteiger partial charge in [0.05, 0.1) is 8.39 Å². The summed E-state index contributed by atoms with van der Waals surface area (Å²) in [5.74, 6) is -3.23. The number of hydrogen-bond acceptors (Lipinski definition) is 4. The van der Waals surface area contributed by atoms with E-state index in [1.165, 1.54) is 0 Å². The molecule has 0 aromatic heterocycles. The molecule has 0 radical (unpaired) electrons. The van der Waals surface area contributed by atoms with Crippen molar-refractivity contribution in [3.05, 3.63) is 0 Å². The van der Waals surface area contributed by atoms with Gasteiger partial charge in [0, 0.05) is 0 Å². The van der Waals surface area contributed by atoms with E-state index in [1.54, 1.807) is 0 Å². The zero-order valence-electron chi connectivity index (χ0n) is 3.84. The summed E-state index contributed by atoms with van der Waals surface area (Å²) >= 11 is 0. The van der Waals surface area contributed by atoms with Crippen LogP contribution in [0.2, 0.25) is 0 Å². The van der Waals surface area contributed by atoms with Crippen LogP contribution >= 0.6 is 8.34 Å². The van der Waals surface area contributed by atoms with Crippen molar-refractivity contribution >= 4 is 20.3 Å². The quantitative estimate of drug-likeness (QED) is 0.383. The summed E-state index contributed by atoms with van der Waals surface area (Å²) < 4.78 is 29.8. The van der Waals surface area contributed by atoms with Gasteiger partial charge in [-0.05, 0) is 0 Å². The van der Waals surface area contributed by atoms with E-state index in [0.29, 0.717) is 0 Å². The van der Waals surface area contributed by atoms with Crippen molar-refractivity contribution in [2.45, 2.75) is 0 Å². The summed E-state index contributed by atoms with van der Waals surface area (Å²) in [6.45, 7) is 0. The Labute approximate surface area is 48.5 Å². The Morgan fingerprint density at radius 2 is 1.44 bits per heavy atom. The lowest BCUT2D eigenvalue weighted by Crippen LogP contribution is -2.05. The smallest absolute Gasteiger partial charge is 0.233 e. The second-order valence-electron chi connectivity index (χ2n) is 1.17. The average molecular weight is 157 g/mol. The number of rotatable bonds is 0. The van der Waals surface area contributed by atoms with Gasteiger partial charge in [-0.25, -0.2) is 9.59 Å². The molecule has 0 bridgehead atoms. The van der Waals surface area contributed by atoms with Gasteiger partial charge in [-0.1, -0.05) is 0 Å². The third-order valence-electron chi connectivity index (χ3n) is 0.545. The Bertz CT molecular complexity index is 159. The second kappa shape index (κ2) is 1.60. The van der Waals surface area contributed by atoms with Crippen LogP contribution in [0.4, 0.5) is 8.39 Å². The Morgan fingerprint density at radius 1 is 1.11 bits per heavy atom. The fraction of sp³-hybridized carbons (Fsp3) is 0. The van der Waals surface area contributed by atoms with Gasteiger partial charge < -0.3 is 0 Å². The van der Waals surface area contributed by atoms with E-state index in [0.717, 1.165) is 0 Å². The lowest BCUT2D eigenvalue weighted by Gasteiger charge is -1.83. The molecule has 0 aliphatic carbocycles. The predicted octanol–water partition coefficient (Wildman–Crippen LogP) is 0.703. The molecule has 0 aromatic rings. The Hall–Kier alpha value is -0.770. The highest BCUT2D eigenvalue weighted by Gasteiger charge is 2.64. The standard InChI is InChI=1S/C2F2O4P/c3-9(4)7-1(5)2(6)8-9/q+1. The molecule has 9 heavy (non-hydrogen) atoms. The molecule has 0 saturated carbocycles. The Balaban J connectivity index is 2.76. The van der Waals surface area contributed by atoms with Crippen LogP contribution in [0.3, 0.4) is 0 Å². The van der Waals surface area contributed by atoms with Gasteiger partial charge in [0.1, 0.15) is 0 Å². The fourth-order valence-electron chi connectivity index (χ4n) is 0.286. The highest BCUT2D eigenvalue weighted by molar-refractivity contribution is 7.57.